The average molecular weight is 263 g/mol. The number of aromatic nitrogens is 1. The zero-order valence-electron chi connectivity index (χ0n) is 12.9. The van der Waals surface area contributed by atoms with Gasteiger partial charge in [0.05, 0.1) is 5.69 Å². The van der Waals surface area contributed by atoms with Crippen molar-refractivity contribution in [3.63, 3.8) is 0 Å². The quantitative estimate of drug-likeness (QED) is 0.741. The average Bonchev–Trinajstić information content (AvgIpc) is 2.44. The fourth-order valence-corrected chi connectivity index (χ4v) is 2.39. The summed E-state index contributed by atoms with van der Waals surface area (Å²) in [7, 11) is 0. The van der Waals surface area contributed by atoms with Crippen LogP contribution in [0.2, 0.25) is 0 Å². The molecule has 1 aromatic heterocycles. The maximum atomic E-state index is 4.40. The van der Waals surface area contributed by atoms with Gasteiger partial charge in [0.25, 0.3) is 0 Å². The minimum Gasteiger partial charge on any atom is -0.306 e. The summed E-state index contributed by atoms with van der Waals surface area (Å²) in [5.74, 6) is 0. The third kappa shape index (κ3) is 6.17. The van der Waals surface area contributed by atoms with Gasteiger partial charge in [-0.25, -0.2) is 0 Å². The van der Waals surface area contributed by atoms with Crippen molar-refractivity contribution in [2.75, 3.05) is 19.6 Å². The third-order valence-electron chi connectivity index (χ3n) is 3.67. The highest BCUT2D eigenvalue weighted by Gasteiger charge is 2.10. The molecule has 0 fully saturated rings. The lowest BCUT2D eigenvalue weighted by Gasteiger charge is -2.22. The van der Waals surface area contributed by atoms with E-state index in [1.165, 1.54) is 19.4 Å². The first kappa shape index (κ1) is 16.1. The smallest absolute Gasteiger partial charge is 0.0570 e. The lowest BCUT2D eigenvalue weighted by molar-refractivity contribution is 0.288. The normalized spacial score (nSPS) is 14.6. The maximum absolute atomic E-state index is 4.40. The Morgan fingerprint density at radius 1 is 1.21 bits per heavy atom. The van der Waals surface area contributed by atoms with Gasteiger partial charge in [-0.1, -0.05) is 19.9 Å². The molecule has 2 atom stereocenters. The van der Waals surface area contributed by atoms with Gasteiger partial charge in [-0.3, -0.25) is 4.98 Å². The molecule has 0 aliphatic carbocycles. The molecule has 1 N–H and O–H groups in total. The third-order valence-corrected chi connectivity index (χ3v) is 3.67. The van der Waals surface area contributed by atoms with Crippen molar-refractivity contribution in [1.29, 1.82) is 0 Å². The van der Waals surface area contributed by atoms with Crippen LogP contribution in [0.1, 0.15) is 52.3 Å². The predicted molar refractivity (Wildman–Crippen MR) is 82.3 cm³/mol. The van der Waals surface area contributed by atoms with Crippen molar-refractivity contribution in [1.82, 2.24) is 15.2 Å². The summed E-state index contributed by atoms with van der Waals surface area (Å²) >= 11 is 0. The first-order valence-corrected chi connectivity index (χ1v) is 7.56. The van der Waals surface area contributed by atoms with E-state index in [1.54, 1.807) is 0 Å². The monoisotopic (exact) mass is 263 g/mol. The van der Waals surface area contributed by atoms with Crippen LogP contribution in [0.4, 0.5) is 0 Å². The standard InChI is InChI=1S/C16H29N3/c1-5-19(6-2)13-9-10-14(3)18-15(4)16-11-7-8-12-17-16/h7-8,11-12,14-15,18H,5-6,9-10,13H2,1-4H3. The molecular formula is C16H29N3. The highest BCUT2D eigenvalue weighted by molar-refractivity contribution is 5.07. The van der Waals surface area contributed by atoms with E-state index < -0.39 is 0 Å². The molecule has 19 heavy (non-hydrogen) atoms. The summed E-state index contributed by atoms with van der Waals surface area (Å²) in [6.07, 6.45) is 4.33. The van der Waals surface area contributed by atoms with Crippen LogP contribution >= 0.6 is 0 Å². The van der Waals surface area contributed by atoms with E-state index >= 15 is 0 Å². The van der Waals surface area contributed by atoms with Crippen LogP contribution in [0.15, 0.2) is 24.4 Å². The van der Waals surface area contributed by atoms with Gasteiger partial charge in [-0.2, -0.15) is 0 Å². The van der Waals surface area contributed by atoms with E-state index in [-0.39, 0.29) is 0 Å². The first-order valence-electron chi connectivity index (χ1n) is 7.56. The van der Waals surface area contributed by atoms with Gasteiger partial charge in [0, 0.05) is 18.3 Å². The number of hydrogen-bond acceptors (Lipinski definition) is 3. The number of pyridine rings is 1. The van der Waals surface area contributed by atoms with Gasteiger partial charge in [-0.05, 0) is 58.5 Å². The Morgan fingerprint density at radius 2 is 1.95 bits per heavy atom. The lowest BCUT2D eigenvalue weighted by atomic mass is 10.1. The summed E-state index contributed by atoms with van der Waals surface area (Å²) in [5, 5.41) is 3.62. The van der Waals surface area contributed by atoms with E-state index in [0.717, 1.165) is 18.8 Å². The Morgan fingerprint density at radius 3 is 2.53 bits per heavy atom. The Hall–Kier alpha value is -0.930. The second kappa shape index (κ2) is 9.05. The van der Waals surface area contributed by atoms with Crippen molar-refractivity contribution < 1.29 is 0 Å². The molecule has 1 heterocycles. The summed E-state index contributed by atoms with van der Waals surface area (Å²) in [6, 6.07) is 6.95. The summed E-state index contributed by atoms with van der Waals surface area (Å²) < 4.78 is 0. The maximum Gasteiger partial charge on any atom is 0.0570 e. The summed E-state index contributed by atoms with van der Waals surface area (Å²) in [4.78, 5) is 6.88. The SMILES string of the molecule is CCN(CC)CCCC(C)NC(C)c1ccccn1. The van der Waals surface area contributed by atoms with Gasteiger partial charge in [-0.15, -0.1) is 0 Å². The molecule has 1 aromatic rings. The number of hydrogen-bond donors (Lipinski definition) is 1. The van der Waals surface area contributed by atoms with Crippen molar-refractivity contribution in [2.45, 2.75) is 52.6 Å². The predicted octanol–water partition coefficient (Wildman–Crippen LogP) is 3.24. The van der Waals surface area contributed by atoms with E-state index in [0.29, 0.717) is 12.1 Å². The molecule has 0 aliphatic heterocycles. The zero-order chi connectivity index (χ0) is 14.1. The topological polar surface area (TPSA) is 28.2 Å². The largest absolute Gasteiger partial charge is 0.306 e. The fourth-order valence-electron chi connectivity index (χ4n) is 2.39. The number of rotatable bonds is 9. The lowest BCUT2D eigenvalue weighted by Crippen LogP contribution is -2.31. The van der Waals surface area contributed by atoms with Crippen LogP contribution in [0, 0.1) is 0 Å². The Labute approximate surface area is 118 Å². The van der Waals surface area contributed by atoms with Crippen LogP contribution in [-0.4, -0.2) is 35.6 Å². The number of nitrogens with one attached hydrogen (secondary N) is 1. The van der Waals surface area contributed by atoms with E-state index in [1.807, 2.05) is 18.3 Å². The molecule has 0 aliphatic rings. The zero-order valence-corrected chi connectivity index (χ0v) is 12.9. The van der Waals surface area contributed by atoms with E-state index in [9.17, 15) is 0 Å². The van der Waals surface area contributed by atoms with E-state index in [2.05, 4.69) is 49.0 Å². The molecule has 0 spiro atoms. The molecule has 0 aromatic carbocycles. The second-order valence-electron chi connectivity index (χ2n) is 5.21. The van der Waals surface area contributed by atoms with Gasteiger partial charge < -0.3 is 10.2 Å². The minimum absolute atomic E-state index is 0.324. The summed E-state index contributed by atoms with van der Waals surface area (Å²) in [5.41, 5.74) is 1.12. The highest BCUT2D eigenvalue weighted by Crippen LogP contribution is 2.10. The molecule has 3 nitrogen and oxygen atoms in total. The van der Waals surface area contributed by atoms with Crippen LogP contribution in [-0.2, 0) is 0 Å². The number of nitrogens with zero attached hydrogens (tertiary/aromatic N) is 2. The Kier molecular flexibility index (Phi) is 7.68. The fraction of sp³-hybridized carbons (Fsp3) is 0.688. The summed E-state index contributed by atoms with van der Waals surface area (Å²) in [6.45, 7) is 12.4. The second-order valence-corrected chi connectivity index (χ2v) is 5.21. The Bertz CT molecular complexity index is 322. The van der Waals surface area contributed by atoms with Crippen molar-refractivity contribution in [2.24, 2.45) is 0 Å². The van der Waals surface area contributed by atoms with E-state index in [4.69, 9.17) is 0 Å². The molecule has 0 saturated heterocycles. The molecule has 108 valence electrons. The van der Waals surface area contributed by atoms with Gasteiger partial charge in [0.1, 0.15) is 0 Å². The van der Waals surface area contributed by atoms with Crippen molar-refractivity contribution >= 4 is 0 Å². The van der Waals surface area contributed by atoms with Crippen LogP contribution in [0.5, 0.6) is 0 Å². The molecule has 3 heteroatoms. The van der Waals surface area contributed by atoms with Crippen molar-refractivity contribution in [3.8, 4) is 0 Å². The first-order chi connectivity index (χ1) is 9.17. The van der Waals surface area contributed by atoms with Crippen LogP contribution < -0.4 is 5.32 Å². The molecule has 1 rings (SSSR count). The Balaban J connectivity index is 2.25. The molecule has 0 saturated carbocycles. The van der Waals surface area contributed by atoms with Gasteiger partial charge >= 0.3 is 0 Å². The molecule has 0 amide bonds. The minimum atomic E-state index is 0.324. The molecule has 0 bridgehead atoms. The van der Waals surface area contributed by atoms with Gasteiger partial charge in [0.2, 0.25) is 0 Å². The molecule has 2 unspecified atom stereocenters. The van der Waals surface area contributed by atoms with Crippen LogP contribution in [0.25, 0.3) is 0 Å². The molecular weight excluding hydrogens is 234 g/mol. The van der Waals surface area contributed by atoms with Crippen molar-refractivity contribution in [3.05, 3.63) is 30.1 Å². The van der Waals surface area contributed by atoms with Gasteiger partial charge in [0.15, 0.2) is 0 Å². The highest BCUT2D eigenvalue weighted by atomic mass is 15.1. The molecule has 0 radical (unpaired) electrons. The van der Waals surface area contributed by atoms with Crippen LogP contribution in [0.3, 0.4) is 0 Å².